The van der Waals surface area contributed by atoms with Gasteiger partial charge in [-0.15, -0.1) is 0 Å². The Morgan fingerprint density at radius 3 is 2.42 bits per heavy atom. The van der Waals surface area contributed by atoms with Gasteiger partial charge in [-0.25, -0.2) is 4.79 Å². The molecule has 0 radical (unpaired) electrons. The zero-order valence-electron chi connectivity index (χ0n) is 14.9. The van der Waals surface area contributed by atoms with E-state index in [-0.39, 0.29) is 19.2 Å². The first-order chi connectivity index (χ1) is 12.5. The second-order valence-corrected chi connectivity index (χ2v) is 6.75. The lowest BCUT2D eigenvalue weighted by molar-refractivity contribution is -0.142. The van der Waals surface area contributed by atoms with Gasteiger partial charge in [0.05, 0.1) is 18.8 Å². The van der Waals surface area contributed by atoms with Crippen molar-refractivity contribution in [3.8, 4) is 0 Å². The average molecular weight is 360 g/mol. The number of ether oxygens (including phenoxy) is 5. The SMILES string of the molecule is COC[C@@]12C=C[C@@](COC)(O1)c1c3c(cc(COC(C)=O)c12)C(=O)OC3. The van der Waals surface area contributed by atoms with Crippen LogP contribution in [0, 0.1) is 0 Å². The maximum atomic E-state index is 12.2. The largest absolute Gasteiger partial charge is 0.461 e. The molecule has 0 aliphatic carbocycles. The minimum absolute atomic E-state index is 0.0456. The molecule has 7 heteroatoms. The highest BCUT2D eigenvalue weighted by Crippen LogP contribution is 2.57. The first-order valence-corrected chi connectivity index (χ1v) is 8.35. The van der Waals surface area contributed by atoms with Gasteiger partial charge in [0.1, 0.15) is 24.4 Å². The number of carbonyl (C=O) groups excluding carboxylic acids is 2. The Labute approximate surface area is 150 Å². The molecule has 3 heterocycles. The van der Waals surface area contributed by atoms with Crippen molar-refractivity contribution in [1.82, 2.24) is 0 Å². The smallest absolute Gasteiger partial charge is 0.338 e. The minimum Gasteiger partial charge on any atom is -0.461 e. The van der Waals surface area contributed by atoms with Crippen molar-refractivity contribution >= 4 is 11.9 Å². The zero-order valence-corrected chi connectivity index (χ0v) is 14.9. The maximum absolute atomic E-state index is 12.2. The van der Waals surface area contributed by atoms with Gasteiger partial charge in [0.25, 0.3) is 0 Å². The average Bonchev–Trinajstić information content (AvgIpc) is 3.23. The maximum Gasteiger partial charge on any atom is 0.338 e. The summed E-state index contributed by atoms with van der Waals surface area (Å²) >= 11 is 0. The number of hydrogen-bond acceptors (Lipinski definition) is 7. The minimum atomic E-state index is -0.813. The number of benzene rings is 1. The number of rotatable bonds is 6. The van der Waals surface area contributed by atoms with Crippen LogP contribution < -0.4 is 0 Å². The number of methoxy groups -OCH3 is 2. The van der Waals surface area contributed by atoms with Crippen LogP contribution in [0.15, 0.2) is 18.2 Å². The molecule has 0 spiro atoms. The van der Waals surface area contributed by atoms with Crippen LogP contribution in [0.25, 0.3) is 0 Å². The third kappa shape index (κ3) is 2.24. The fraction of sp³-hybridized carbons (Fsp3) is 0.474. The van der Waals surface area contributed by atoms with Crippen LogP contribution in [-0.2, 0) is 52.9 Å². The summed E-state index contributed by atoms with van der Waals surface area (Å²) in [4.78, 5) is 23.5. The second kappa shape index (κ2) is 5.90. The Kier molecular flexibility index (Phi) is 3.91. The van der Waals surface area contributed by atoms with E-state index in [4.69, 9.17) is 23.7 Å². The number of carbonyl (C=O) groups is 2. The zero-order chi connectivity index (χ0) is 18.5. The van der Waals surface area contributed by atoms with E-state index < -0.39 is 17.2 Å². The number of fused-ring (bicyclic) bond motifs is 7. The Balaban J connectivity index is 1.96. The number of esters is 2. The van der Waals surface area contributed by atoms with Gasteiger partial charge in [-0.3, -0.25) is 4.79 Å². The highest BCUT2D eigenvalue weighted by molar-refractivity contribution is 5.95. The predicted octanol–water partition coefficient (Wildman–Crippen LogP) is 1.70. The summed E-state index contributed by atoms with van der Waals surface area (Å²) in [5.41, 5.74) is 2.12. The first kappa shape index (κ1) is 17.2. The van der Waals surface area contributed by atoms with Gasteiger partial charge in [0.15, 0.2) is 0 Å². The van der Waals surface area contributed by atoms with Gasteiger partial charge in [0, 0.05) is 37.8 Å². The number of hydrogen-bond donors (Lipinski definition) is 0. The van der Waals surface area contributed by atoms with Crippen LogP contribution in [0.4, 0.5) is 0 Å². The molecule has 7 nitrogen and oxygen atoms in total. The van der Waals surface area contributed by atoms with Crippen LogP contribution in [0.1, 0.15) is 39.5 Å². The first-order valence-electron chi connectivity index (χ1n) is 8.35. The van der Waals surface area contributed by atoms with Crippen molar-refractivity contribution in [3.05, 3.63) is 46.0 Å². The summed E-state index contributed by atoms with van der Waals surface area (Å²) in [5, 5.41) is 0. The van der Waals surface area contributed by atoms with Crippen molar-refractivity contribution in [1.29, 1.82) is 0 Å². The van der Waals surface area contributed by atoms with Gasteiger partial charge < -0.3 is 23.7 Å². The Morgan fingerprint density at radius 2 is 1.81 bits per heavy atom. The molecule has 1 aromatic carbocycles. The Morgan fingerprint density at radius 1 is 1.15 bits per heavy atom. The van der Waals surface area contributed by atoms with E-state index in [1.165, 1.54) is 6.92 Å². The van der Waals surface area contributed by atoms with E-state index in [1.54, 1.807) is 20.3 Å². The van der Waals surface area contributed by atoms with Crippen molar-refractivity contribution < 1.29 is 33.3 Å². The summed E-state index contributed by atoms with van der Waals surface area (Å²) in [7, 11) is 3.21. The molecular weight excluding hydrogens is 340 g/mol. The van der Waals surface area contributed by atoms with Crippen LogP contribution in [0.5, 0.6) is 0 Å². The van der Waals surface area contributed by atoms with Gasteiger partial charge >= 0.3 is 11.9 Å². The normalized spacial score (nSPS) is 27.4. The van der Waals surface area contributed by atoms with Gasteiger partial charge in [0.2, 0.25) is 0 Å². The van der Waals surface area contributed by atoms with Crippen LogP contribution in [-0.4, -0.2) is 39.4 Å². The van der Waals surface area contributed by atoms with Crippen molar-refractivity contribution in [2.45, 2.75) is 31.3 Å². The fourth-order valence-electron chi connectivity index (χ4n) is 4.23. The van der Waals surface area contributed by atoms with Crippen molar-refractivity contribution in [3.63, 3.8) is 0 Å². The molecule has 0 saturated carbocycles. The monoisotopic (exact) mass is 360 g/mol. The lowest BCUT2D eigenvalue weighted by Crippen LogP contribution is -2.31. The van der Waals surface area contributed by atoms with Crippen LogP contribution in [0.3, 0.4) is 0 Å². The third-order valence-corrected chi connectivity index (χ3v) is 5.06. The van der Waals surface area contributed by atoms with E-state index in [1.807, 2.05) is 12.2 Å². The molecule has 3 aliphatic rings. The van der Waals surface area contributed by atoms with Gasteiger partial charge in [-0.1, -0.05) is 0 Å². The molecule has 0 fully saturated rings. The summed E-state index contributed by atoms with van der Waals surface area (Å²) < 4.78 is 27.8. The molecule has 0 aromatic heterocycles. The van der Waals surface area contributed by atoms with E-state index in [0.29, 0.717) is 24.3 Å². The summed E-state index contributed by atoms with van der Waals surface area (Å²) in [6, 6.07) is 1.74. The molecule has 2 atom stereocenters. The molecule has 0 N–H and O–H groups in total. The molecule has 0 amide bonds. The Bertz CT molecular complexity index is 828. The van der Waals surface area contributed by atoms with Gasteiger partial charge in [-0.2, -0.15) is 0 Å². The fourth-order valence-corrected chi connectivity index (χ4v) is 4.23. The predicted molar refractivity (Wildman–Crippen MR) is 88.4 cm³/mol. The molecule has 0 unspecified atom stereocenters. The Hall–Kier alpha value is -2.22. The molecule has 2 bridgehead atoms. The highest BCUT2D eigenvalue weighted by Gasteiger charge is 2.59. The molecule has 4 rings (SSSR count). The summed E-state index contributed by atoms with van der Waals surface area (Å²) in [6.45, 7) is 2.17. The summed E-state index contributed by atoms with van der Waals surface area (Å²) in [6.07, 6.45) is 3.91. The molecular formula is C19H20O7. The third-order valence-electron chi connectivity index (χ3n) is 5.06. The molecule has 3 aliphatic heterocycles. The molecule has 1 aromatic rings. The van der Waals surface area contributed by atoms with Crippen molar-refractivity contribution in [2.24, 2.45) is 0 Å². The quantitative estimate of drug-likeness (QED) is 0.564. The molecule has 26 heavy (non-hydrogen) atoms. The highest BCUT2D eigenvalue weighted by atomic mass is 16.6. The van der Waals surface area contributed by atoms with Crippen molar-refractivity contribution in [2.75, 3.05) is 27.4 Å². The van der Waals surface area contributed by atoms with E-state index in [0.717, 1.165) is 16.7 Å². The van der Waals surface area contributed by atoms with Gasteiger partial charge in [-0.05, 0) is 23.8 Å². The number of cyclic esters (lactones) is 1. The molecule has 138 valence electrons. The molecule has 0 saturated heterocycles. The lowest BCUT2D eigenvalue weighted by atomic mass is 9.76. The standard InChI is InChI=1S/C19H20O7/c1-11(20)24-7-12-6-13-14(8-25-17(13)21)16-15(12)18(9-22-2)4-5-19(16,26-18)10-23-3/h4-6H,7-10H2,1-3H3/t18-,19+/m1/s1. The van der Waals surface area contributed by atoms with Crippen LogP contribution in [0.2, 0.25) is 0 Å². The van der Waals surface area contributed by atoms with E-state index in [2.05, 4.69) is 0 Å². The summed E-state index contributed by atoms with van der Waals surface area (Å²) in [5.74, 6) is -0.777. The van der Waals surface area contributed by atoms with E-state index >= 15 is 0 Å². The van der Waals surface area contributed by atoms with Crippen LogP contribution >= 0.6 is 0 Å². The van der Waals surface area contributed by atoms with E-state index in [9.17, 15) is 9.59 Å². The topological polar surface area (TPSA) is 80.3 Å². The second-order valence-electron chi connectivity index (χ2n) is 6.75. The lowest BCUT2D eigenvalue weighted by Gasteiger charge is -2.26.